The first-order chi connectivity index (χ1) is 16.1. The SMILES string of the molecule is COc1ccc(S(=O)(=O)N2CCN(c3nc(-c4ccccc4)cs3)CC2)cc1-n1cnnn1. The molecule has 5 rings (SSSR count). The Balaban J connectivity index is 1.32. The molecule has 0 radical (unpaired) electrons. The zero-order chi connectivity index (χ0) is 22.8. The van der Waals surface area contributed by atoms with Gasteiger partial charge in [-0.3, -0.25) is 0 Å². The van der Waals surface area contributed by atoms with Gasteiger partial charge in [0, 0.05) is 37.1 Å². The first-order valence-corrected chi connectivity index (χ1v) is 12.6. The molecule has 0 aliphatic carbocycles. The minimum Gasteiger partial charge on any atom is -0.494 e. The Morgan fingerprint density at radius 3 is 2.52 bits per heavy atom. The molecule has 0 saturated carbocycles. The fraction of sp³-hybridized carbons (Fsp3) is 0.238. The summed E-state index contributed by atoms with van der Waals surface area (Å²) < 4.78 is 34.9. The van der Waals surface area contributed by atoms with Crippen LogP contribution in [0.25, 0.3) is 16.9 Å². The molecule has 3 heterocycles. The lowest BCUT2D eigenvalue weighted by molar-refractivity contribution is 0.384. The third-order valence-corrected chi connectivity index (χ3v) is 8.25. The van der Waals surface area contributed by atoms with E-state index in [1.807, 2.05) is 35.7 Å². The van der Waals surface area contributed by atoms with Crippen molar-refractivity contribution in [2.24, 2.45) is 0 Å². The molecular weight excluding hydrogens is 462 g/mol. The van der Waals surface area contributed by atoms with E-state index in [-0.39, 0.29) is 4.90 Å². The quantitative estimate of drug-likeness (QED) is 0.411. The van der Waals surface area contributed by atoms with Crippen LogP contribution < -0.4 is 9.64 Å². The Kier molecular flexibility index (Phi) is 5.79. The molecule has 1 aliphatic heterocycles. The lowest BCUT2D eigenvalue weighted by Gasteiger charge is -2.33. The number of piperazine rings is 1. The van der Waals surface area contributed by atoms with Crippen molar-refractivity contribution in [1.82, 2.24) is 29.5 Å². The highest BCUT2D eigenvalue weighted by Gasteiger charge is 2.30. The molecule has 1 fully saturated rings. The molecule has 4 aromatic rings. The van der Waals surface area contributed by atoms with Crippen LogP contribution in [0, 0.1) is 0 Å². The second-order valence-corrected chi connectivity index (χ2v) is 10.1. The van der Waals surface area contributed by atoms with Crippen LogP contribution in [0.15, 0.2) is 65.1 Å². The summed E-state index contributed by atoms with van der Waals surface area (Å²) in [7, 11) is -2.18. The highest BCUT2D eigenvalue weighted by molar-refractivity contribution is 7.89. The van der Waals surface area contributed by atoms with Crippen molar-refractivity contribution >= 4 is 26.5 Å². The third kappa shape index (κ3) is 4.19. The molecule has 0 unspecified atom stereocenters. The summed E-state index contributed by atoms with van der Waals surface area (Å²) in [6.45, 7) is 1.87. The van der Waals surface area contributed by atoms with Crippen molar-refractivity contribution < 1.29 is 13.2 Å². The van der Waals surface area contributed by atoms with Gasteiger partial charge in [0.1, 0.15) is 17.8 Å². The summed E-state index contributed by atoms with van der Waals surface area (Å²) in [6, 6.07) is 14.7. The highest BCUT2D eigenvalue weighted by atomic mass is 32.2. The van der Waals surface area contributed by atoms with Gasteiger partial charge >= 0.3 is 0 Å². The van der Waals surface area contributed by atoms with Crippen LogP contribution in [0.3, 0.4) is 0 Å². The molecule has 0 amide bonds. The molecular formula is C21H21N7O3S2. The summed E-state index contributed by atoms with van der Waals surface area (Å²) in [6.07, 6.45) is 1.39. The Morgan fingerprint density at radius 2 is 1.82 bits per heavy atom. The van der Waals surface area contributed by atoms with Crippen LogP contribution in [0.1, 0.15) is 0 Å². The first-order valence-electron chi connectivity index (χ1n) is 10.2. The molecule has 0 spiro atoms. The zero-order valence-corrected chi connectivity index (χ0v) is 19.4. The van der Waals surface area contributed by atoms with E-state index in [2.05, 4.69) is 20.4 Å². The number of thiazole rings is 1. The molecule has 2 aromatic carbocycles. The molecule has 0 atom stereocenters. The monoisotopic (exact) mass is 483 g/mol. The van der Waals surface area contributed by atoms with Crippen molar-refractivity contribution in [2.75, 3.05) is 38.2 Å². The van der Waals surface area contributed by atoms with Gasteiger partial charge in [-0.15, -0.1) is 16.4 Å². The van der Waals surface area contributed by atoms with E-state index in [4.69, 9.17) is 9.72 Å². The van der Waals surface area contributed by atoms with Gasteiger partial charge < -0.3 is 9.64 Å². The Labute approximate surface area is 195 Å². The molecule has 33 heavy (non-hydrogen) atoms. The number of nitrogens with zero attached hydrogens (tertiary/aromatic N) is 7. The van der Waals surface area contributed by atoms with Crippen LogP contribution in [-0.4, -0.2) is 71.2 Å². The van der Waals surface area contributed by atoms with E-state index in [1.165, 1.54) is 28.5 Å². The van der Waals surface area contributed by atoms with Crippen molar-refractivity contribution in [1.29, 1.82) is 0 Å². The fourth-order valence-corrected chi connectivity index (χ4v) is 6.03. The van der Waals surface area contributed by atoms with Crippen LogP contribution in [0.4, 0.5) is 5.13 Å². The number of tetrazole rings is 1. The van der Waals surface area contributed by atoms with E-state index in [1.54, 1.807) is 23.5 Å². The maximum absolute atomic E-state index is 13.3. The van der Waals surface area contributed by atoms with Gasteiger partial charge in [0.2, 0.25) is 10.0 Å². The molecule has 2 aromatic heterocycles. The van der Waals surface area contributed by atoms with Crippen molar-refractivity contribution in [2.45, 2.75) is 4.90 Å². The average molecular weight is 484 g/mol. The normalized spacial score (nSPS) is 15.0. The average Bonchev–Trinajstić information content (AvgIpc) is 3.57. The van der Waals surface area contributed by atoms with E-state index in [0.29, 0.717) is 37.6 Å². The van der Waals surface area contributed by atoms with Crippen molar-refractivity contribution in [3.63, 3.8) is 0 Å². The molecule has 0 bridgehead atoms. The second-order valence-electron chi connectivity index (χ2n) is 7.36. The Hall–Kier alpha value is -3.35. The lowest BCUT2D eigenvalue weighted by Crippen LogP contribution is -2.48. The van der Waals surface area contributed by atoms with Crippen LogP contribution in [0.2, 0.25) is 0 Å². The topological polar surface area (TPSA) is 106 Å². The Morgan fingerprint density at radius 1 is 1.03 bits per heavy atom. The predicted octanol–water partition coefficient (Wildman–Crippen LogP) is 2.31. The van der Waals surface area contributed by atoms with Crippen molar-refractivity contribution in [3.05, 3.63) is 60.2 Å². The van der Waals surface area contributed by atoms with Gasteiger partial charge in [-0.05, 0) is 28.6 Å². The molecule has 1 saturated heterocycles. The largest absolute Gasteiger partial charge is 0.494 e. The molecule has 0 N–H and O–H groups in total. The van der Waals surface area contributed by atoms with E-state index in [0.717, 1.165) is 16.4 Å². The summed E-state index contributed by atoms with van der Waals surface area (Å²) in [5.41, 5.74) is 2.46. The number of sulfonamides is 1. The van der Waals surface area contributed by atoms with Gasteiger partial charge in [-0.1, -0.05) is 30.3 Å². The number of benzene rings is 2. The van der Waals surface area contributed by atoms with E-state index >= 15 is 0 Å². The molecule has 12 heteroatoms. The Bertz CT molecular complexity index is 1330. The number of anilines is 1. The number of hydrogen-bond acceptors (Lipinski definition) is 9. The number of hydrogen-bond donors (Lipinski definition) is 0. The van der Waals surface area contributed by atoms with Crippen molar-refractivity contribution in [3.8, 4) is 22.7 Å². The number of ether oxygens (including phenoxy) is 1. The van der Waals surface area contributed by atoms with Crippen LogP contribution in [0.5, 0.6) is 5.75 Å². The van der Waals surface area contributed by atoms with Crippen LogP contribution in [-0.2, 0) is 10.0 Å². The number of methoxy groups -OCH3 is 1. The standard InChI is InChI=1S/C21H21N7O3S2/c1-31-20-8-7-17(13-19(20)28-15-22-24-25-28)33(29,30)27-11-9-26(10-12-27)21-23-18(14-32-21)16-5-3-2-4-6-16/h2-8,13-15H,9-12H2,1H3. The lowest BCUT2D eigenvalue weighted by atomic mass is 10.2. The van der Waals surface area contributed by atoms with Gasteiger partial charge in [0.05, 0.1) is 17.7 Å². The predicted molar refractivity (Wildman–Crippen MR) is 124 cm³/mol. The third-order valence-electron chi connectivity index (χ3n) is 5.45. The van der Waals surface area contributed by atoms with Gasteiger partial charge in [-0.25, -0.2) is 13.4 Å². The number of rotatable bonds is 6. The summed E-state index contributed by atoms with van der Waals surface area (Å²) in [5.74, 6) is 0.476. The maximum Gasteiger partial charge on any atom is 0.243 e. The highest BCUT2D eigenvalue weighted by Crippen LogP contribution is 2.30. The first kappa shape index (κ1) is 21.5. The summed E-state index contributed by atoms with van der Waals surface area (Å²) in [5, 5.41) is 14.0. The summed E-state index contributed by atoms with van der Waals surface area (Å²) in [4.78, 5) is 7.05. The second kappa shape index (κ2) is 8.89. The smallest absolute Gasteiger partial charge is 0.243 e. The van der Waals surface area contributed by atoms with Gasteiger partial charge in [0.15, 0.2) is 5.13 Å². The van der Waals surface area contributed by atoms with Gasteiger partial charge in [-0.2, -0.15) is 8.99 Å². The minimum absolute atomic E-state index is 0.169. The molecule has 170 valence electrons. The van der Waals surface area contributed by atoms with E-state index in [9.17, 15) is 8.42 Å². The minimum atomic E-state index is -3.69. The summed E-state index contributed by atoms with van der Waals surface area (Å²) >= 11 is 1.57. The molecule has 10 nitrogen and oxygen atoms in total. The van der Waals surface area contributed by atoms with Crippen LogP contribution >= 0.6 is 11.3 Å². The maximum atomic E-state index is 13.3. The van der Waals surface area contributed by atoms with Gasteiger partial charge in [0.25, 0.3) is 0 Å². The number of aromatic nitrogens is 5. The fourth-order valence-electron chi connectivity index (χ4n) is 3.70. The zero-order valence-electron chi connectivity index (χ0n) is 17.8. The molecule has 1 aliphatic rings. The van der Waals surface area contributed by atoms with E-state index < -0.39 is 10.0 Å².